The van der Waals surface area contributed by atoms with Crippen LogP contribution in [0.1, 0.15) is 23.7 Å². The summed E-state index contributed by atoms with van der Waals surface area (Å²) >= 11 is 0. The maximum atomic E-state index is 11.9. The molecule has 0 bridgehead atoms. The molecule has 0 radical (unpaired) electrons. The van der Waals surface area contributed by atoms with Crippen LogP contribution in [0.5, 0.6) is 0 Å². The molecule has 0 aliphatic heterocycles. The molecule has 112 valence electrons. The number of benzene rings is 1. The summed E-state index contributed by atoms with van der Waals surface area (Å²) in [7, 11) is 0. The second kappa shape index (κ2) is 7.04. The molecule has 22 heavy (non-hydrogen) atoms. The van der Waals surface area contributed by atoms with Crippen molar-refractivity contribution in [2.45, 2.75) is 13.3 Å². The third kappa shape index (κ3) is 3.49. The fraction of sp³-hybridized carbons (Fsp3) is 0.200. The largest absolute Gasteiger partial charge is 0.462 e. The maximum absolute atomic E-state index is 11.9. The van der Waals surface area contributed by atoms with E-state index in [1.54, 1.807) is 54.3 Å². The van der Waals surface area contributed by atoms with Gasteiger partial charge in [-0.15, -0.1) is 0 Å². The highest BCUT2D eigenvalue weighted by Gasteiger charge is 2.15. The summed E-state index contributed by atoms with van der Waals surface area (Å²) in [6.07, 6.45) is 3.06. The number of nitriles is 1. The van der Waals surface area contributed by atoms with Crippen molar-refractivity contribution >= 4 is 17.6 Å². The maximum Gasteiger partial charge on any atom is 0.340 e. The van der Waals surface area contributed by atoms with Crippen LogP contribution in [0.15, 0.2) is 36.7 Å². The first-order valence-electron chi connectivity index (χ1n) is 6.63. The summed E-state index contributed by atoms with van der Waals surface area (Å²) in [5.41, 5.74) is 1.18. The second-order valence-electron chi connectivity index (χ2n) is 4.28. The minimum Gasteiger partial charge on any atom is -0.462 e. The van der Waals surface area contributed by atoms with Crippen molar-refractivity contribution in [3.63, 3.8) is 0 Å². The minimum atomic E-state index is -0.540. The van der Waals surface area contributed by atoms with Crippen molar-refractivity contribution < 1.29 is 14.3 Å². The summed E-state index contributed by atoms with van der Waals surface area (Å²) < 4.78 is 6.56. The lowest BCUT2D eigenvalue weighted by atomic mass is 10.1. The lowest BCUT2D eigenvalue weighted by Gasteiger charge is -2.12. The van der Waals surface area contributed by atoms with Crippen molar-refractivity contribution in [2.24, 2.45) is 0 Å². The van der Waals surface area contributed by atoms with Gasteiger partial charge < -0.3 is 10.1 Å². The first-order valence-corrected chi connectivity index (χ1v) is 6.63. The molecule has 0 fully saturated rings. The van der Waals surface area contributed by atoms with E-state index in [2.05, 4.69) is 10.4 Å². The number of hydrogen-bond donors (Lipinski definition) is 1. The van der Waals surface area contributed by atoms with E-state index >= 15 is 0 Å². The molecule has 1 aromatic heterocycles. The third-order valence-electron chi connectivity index (χ3n) is 2.78. The van der Waals surface area contributed by atoms with E-state index in [4.69, 9.17) is 10.00 Å². The number of carbonyl (C=O) groups excluding carboxylic acids is 2. The molecule has 0 saturated carbocycles. The highest BCUT2D eigenvalue weighted by atomic mass is 16.5. The van der Waals surface area contributed by atoms with Crippen LogP contribution in [0.2, 0.25) is 0 Å². The van der Waals surface area contributed by atoms with Crippen LogP contribution in [0.3, 0.4) is 0 Å². The summed E-state index contributed by atoms with van der Waals surface area (Å²) in [6, 6.07) is 8.37. The molecule has 7 nitrogen and oxygen atoms in total. The number of carbonyl (C=O) groups is 2. The number of hydrogen-bond acceptors (Lipinski definition) is 5. The molecule has 7 heteroatoms. The van der Waals surface area contributed by atoms with E-state index in [1.165, 1.54) is 0 Å². The Hall–Kier alpha value is -3.14. The minimum absolute atomic E-state index is 0.226. The van der Waals surface area contributed by atoms with Gasteiger partial charge >= 0.3 is 5.97 Å². The fourth-order valence-electron chi connectivity index (χ4n) is 1.85. The molecular formula is C15H14N4O3. The van der Waals surface area contributed by atoms with Gasteiger partial charge in [0.25, 0.3) is 0 Å². The molecule has 0 aliphatic rings. The molecular weight excluding hydrogens is 284 g/mol. The van der Waals surface area contributed by atoms with Crippen LogP contribution >= 0.6 is 0 Å². The first kappa shape index (κ1) is 15.3. The second-order valence-corrected chi connectivity index (χ2v) is 4.28. The van der Waals surface area contributed by atoms with Crippen molar-refractivity contribution in [3.8, 4) is 11.8 Å². The molecule has 0 saturated heterocycles. The van der Waals surface area contributed by atoms with E-state index < -0.39 is 11.9 Å². The molecule has 0 atom stereocenters. The smallest absolute Gasteiger partial charge is 0.340 e. The number of ether oxygens (including phenoxy) is 1. The number of esters is 1. The fourth-order valence-corrected chi connectivity index (χ4v) is 1.85. The standard InChI is InChI=1S/C15H14N4O3/c1-2-22-15(21)12-5-4-11(19-9-3-8-17-19)10-13(12)18-14(20)6-7-16/h3-5,8-10H,2,6H2,1H3,(H,18,20). The van der Waals surface area contributed by atoms with E-state index in [-0.39, 0.29) is 24.3 Å². The summed E-state index contributed by atoms with van der Waals surface area (Å²) in [5, 5.41) is 15.2. The molecule has 0 unspecified atom stereocenters. The van der Waals surface area contributed by atoms with Crippen molar-refractivity contribution in [2.75, 3.05) is 11.9 Å². The van der Waals surface area contributed by atoms with Crippen LogP contribution in [0.4, 0.5) is 5.69 Å². The zero-order valence-electron chi connectivity index (χ0n) is 11.9. The molecule has 2 rings (SSSR count). The lowest BCUT2D eigenvalue weighted by molar-refractivity contribution is -0.115. The zero-order valence-corrected chi connectivity index (χ0v) is 11.9. The Labute approximate surface area is 127 Å². The molecule has 1 amide bonds. The quantitative estimate of drug-likeness (QED) is 0.850. The number of amides is 1. The average molecular weight is 298 g/mol. The van der Waals surface area contributed by atoms with E-state index in [1.807, 2.05) is 0 Å². The Morgan fingerprint density at radius 1 is 1.45 bits per heavy atom. The van der Waals surface area contributed by atoms with Crippen LogP contribution in [0, 0.1) is 11.3 Å². The van der Waals surface area contributed by atoms with Crippen LogP contribution in [-0.2, 0) is 9.53 Å². The van der Waals surface area contributed by atoms with Gasteiger partial charge in [0, 0.05) is 12.4 Å². The van der Waals surface area contributed by atoms with Crippen molar-refractivity contribution in [1.82, 2.24) is 9.78 Å². The first-order chi connectivity index (χ1) is 10.7. The van der Waals surface area contributed by atoms with Gasteiger partial charge in [0.05, 0.1) is 29.6 Å². The molecule has 1 N–H and O–H groups in total. The number of aromatic nitrogens is 2. The molecule has 1 heterocycles. The Balaban J connectivity index is 2.39. The van der Waals surface area contributed by atoms with Crippen molar-refractivity contribution in [3.05, 3.63) is 42.2 Å². The summed E-state index contributed by atoms with van der Waals surface area (Å²) in [4.78, 5) is 23.6. The predicted octanol–water partition coefficient (Wildman–Crippen LogP) is 1.90. The Bertz CT molecular complexity index is 717. The van der Waals surface area contributed by atoms with Gasteiger partial charge in [-0.25, -0.2) is 9.48 Å². The molecule has 2 aromatic rings. The van der Waals surface area contributed by atoms with Crippen LogP contribution in [0.25, 0.3) is 5.69 Å². The third-order valence-corrected chi connectivity index (χ3v) is 2.78. The number of nitrogens with one attached hydrogen (secondary N) is 1. The SMILES string of the molecule is CCOC(=O)c1ccc(-n2cccn2)cc1NC(=O)CC#N. The highest BCUT2D eigenvalue weighted by Crippen LogP contribution is 2.21. The predicted molar refractivity (Wildman–Crippen MR) is 78.4 cm³/mol. The van der Waals surface area contributed by atoms with Gasteiger partial charge in [0.15, 0.2) is 0 Å². The van der Waals surface area contributed by atoms with Gasteiger partial charge in [0.1, 0.15) is 6.42 Å². The number of rotatable bonds is 5. The summed E-state index contributed by atoms with van der Waals surface area (Å²) in [5.74, 6) is -1.03. The highest BCUT2D eigenvalue weighted by molar-refractivity contribution is 6.02. The van der Waals surface area contributed by atoms with E-state index in [9.17, 15) is 9.59 Å². The Morgan fingerprint density at radius 3 is 2.91 bits per heavy atom. The lowest BCUT2D eigenvalue weighted by Crippen LogP contribution is -2.15. The van der Waals surface area contributed by atoms with Gasteiger partial charge in [-0.05, 0) is 31.2 Å². The molecule has 0 spiro atoms. The molecule has 1 aromatic carbocycles. The summed E-state index contributed by atoms with van der Waals surface area (Å²) in [6.45, 7) is 1.93. The number of nitrogens with zero attached hydrogens (tertiary/aromatic N) is 3. The monoisotopic (exact) mass is 298 g/mol. The average Bonchev–Trinajstić information content (AvgIpc) is 3.01. The topological polar surface area (TPSA) is 97.0 Å². The number of anilines is 1. The zero-order chi connectivity index (χ0) is 15.9. The van der Waals surface area contributed by atoms with Gasteiger partial charge in [-0.2, -0.15) is 10.4 Å². The van der Waals surface area contributed by atoms with Crippen LogP contribution < -0.4 is 5.32 Å². The Kier molecular flexibility index (Phi) is 4.88. The molecule has 0 aliphatic carbocycles. The van der Waals surface area contributed by atoms with Crippen molar-refractivity contribution in [1.29, 1.82) is 5.26 Å². The Morgan fingerprint density at radius 2 is 2.27 bits per heavy atom. The van der Waals surface area contributed by atoms with Gasteiger partial charge in [-0.1, -0.05) is 0 Å². The van der Waals surface area contributed by atoms with E-state index in [0.29, 0.717) is 5.69 Å². The normalized spacial score (nSPS) is 9.82. The van der Waals surface area contributed by atoms with Crippen LogP contribution in [-0.4, -0.2) is 28.3 Å². The van der Waals surface area contributed by atoms with E-state index in [0.717, 1.165) is 0 Å². The van der Waals surface area contributed by atoms with Gasteiger partial charge in [0.2, 0.25) is 5.91 Å². The van der Waals surface area contributed by atoms with Gasteiger partial charge in [-0.3, -0.25) is 4.79 Å².